The van der Waals surface area contributed by atoms with E-state index < -0.39 is 136 Å². The molecule has 0 aromatic carbocycles. The predicted octanol–water partition coefficient (Wildman–Crippen LogP) is -0.579. The second kappa shape index (κ2) is 9.25. The Hall–Kier alpha value is -2.36. The predicted molar refractivity (Wildman–Crippen MR) is 154 cm³/mol. The summed E-state index contributed by atoms with van der Waals surface area (Å²) in [5, 5.41) is 36.3. The Morgan fingerprint density at radius 3 is 2.23 bits per heavy atom. The number of epoxide rings is 2. The molecule has 5 N–H and O–H groups in total. The van der Waals surface area contributed by atoms with Crippen LogP contribution in [0.25, 0.3) is 0 Å². The molecule has 0 bridgehead atoms. The molecule has 3 saturated heterocycles. The maximum atomic E-state index is 13.3. The second-order valence-corrected chi connectivity index (χ2v) is 16.4. The minimum absolute atomic E-state index is 0.227. The number of esters is 3. The Balaban J connectivity index is 1.40. The Labute approximate surface area is 271 Å². The number of carbonyl (C=O) groups excluding carboxylic acids is 4. The molecule has 1 spiro atoms. The Bertz CT molecular complexity index is 1450. The van der Waals surface area contributed by atoms with Crippen LogP contribution < -0.4 is 5.73 Å². The van der Waals surface area contributed by atoms with E-state index in [0.717, 1.165) is 0 Å². The van der Waals surface area contributed by atoms with Crippen molar-refractivity contribution in [1.82, 2.24) is 0 Å². The minimum atomic E-state index is -2.08. The number of carbonyl (C=O) groups is 4. The molecule has 14 heteroatoms. The average Bonchev–Trinajstić information content (AvgIpc) is 3.89. The zero-order valence-corrected chi connectivity index (χ0v) is 27.5. The van der Waals surface area contributed by atoms with Gasteiger partial charge in [-0.05, 0) is 38.0 Å². The van der Waals surface area contributed by atoms with Crippen molar-refractivity contribution in [1.29, 1.82) is 0 Å². The van der Waals surface area contributed by atoms with E-state index in [1.165, 1.54) is 20.8 Å². The van der Waals surface area contributed by atoms with Gasteiger partial charge in [-0.25, -0.2) is 4.79 Å². The fourth-order valence-corrected chi connectivity index (χ4v) is 13.1. The fraction of sp³-hybridized carbons (Fsp3) is 0.879. The molecule has 8 aliphatic rings. The van der Waals surface area contributed by atoms with Crippen molar-refractivity contribution in [3.63, 3.8) is 0 Å². The molecule has 260 valence electrons. The monoisotopic (exact) mass is 663 g/mol. The summed E-state index contributed by atoms with van der Waals surface area (Å²) in [5.74, 6) is -8.46. The van der Waals surface area contributed by atoms with Gasteiger partial charge in [0.15, 0.2) is 5.60 Å². The first-order valence-corrected chi connectivity index (χ1v) is 16.7. The zero-order valence-electron chi connectivity index (χ0n) is 27.5. The summed E-state index contributed by atoms with van der Waals surface area (Å²) in [4.78, 5) is 51.8. The van der Waals surface area contributed by atoms with Crippen molar-refractivity contribution in [2.45, 2.75) is 121 Å². The van der Waals surface area contributed by atoms with Crippen molar-refractivity contribution in [3.05, 3.63) is 0 Å². The van der Waals surface area contributed by atoms with Gasteiger partial charge >= 0.3 is 17.9 Å². The van der Waals surface area contributed by atoms with Crippen LogP contribution in [-0.2, 0) is 47.6 Å². The lowest BCUT2D eigenvalue weighted by atomic mass is 9.40. The summed E-state index contributed by atoms with van der Waals surface area (Å²) < 4.78 is 36.3. The lowest BCUT2D eigenvalue weighted by molar-refractivity contribution is -0.283. The molecular formula is C33H45NO13. The molecule has 8 fully saturated rings. The van der Waals surface area contributed by atoms with Crippen LogP contribution in [0.3, 0.4) is 0 Å². The third-order valence-electron chi connectivity index (χ3n) is 15.0. The van der Waals surface area contributed by atoms with Crippen LogP contribution in [0, 0.1) is 57.7 Å². The first-order chi connectivity index (χ1) is 21.9. The normalized spacial score (nSPS) is 62.1. The largest absolute Gasteiger partial charge is 0.464 e. The van der Waals surface area contributed by atoms with E-state index in [4.69, 9.17) is 34.2 Å². The maximum Gasteiger partial charge on any atom is 0.341 e. The Kier molecular flexibility index (Phi) is 6.27. The standard InChI is InChI=1S/C33H45NO13/c1-10-16-19(31(6)32(7,41)28(40)47-33(31)26(10)46-33)23(42-9-35)17-15-18(24(43-11(2)36)27(30(16,17)5)44-12(3)37)29(4)13(20(34)21(15)38)8-14-22(45-14)25(29)39/h9-10,13-27,38-39,41H,8,34H2,1-7H3/t10-,13+,14-,15?,16-,17+,18?,19-,20+,21+,22-,23+,24-,25-,26+,27-,29-,30+,31-,32+,33-/m0/s1. The molecule has 3 heterocycles. The van der Waals surface area contributed by atoms with Crippen LogP contribution in [0.1, 0.15) is 54.9 Å². The third kappa shape index (κ3) is 3.33. The maximum absolute atomic E-state index is 13.3. The summed E-state index contributed by atoms with van der Waals surface area (Å²) >= 11 is 0. The van der Waals surface area contributed by atoms with Crippen molar-refractivity contribution >= 4 is 24.4 Å². The molecule has 0 aromatic rings. The number of hydrogen-bond acceptors (Lipinski definition) is 14. The highest BCUT2D eigenvalue weighted by Gasteiger charge is 2.93. The summed E-state index contributed by atoms with van der Waals surface area (Å²) in [7, 11) is 0. The van der Waals surface area contributed by atoms with Crippen LogP contribution in [0.2, 0.25) is 0 Å². The van der Waals surface area contributed by atoms with E-state index in [0.29, 0.717) is 12.9 Å². The van der Waals surface area contributed by atoms with Crippen molar-refractivity contribution in [3.8, 4) is 0 Å². The van der Waals surface area contributed by atoms with E-state index in [9.17, 15) is 34.5 Å². The lowest BCUT2D eigenvalue weighted by Gasteiger charge is -2.67. The molecule has 2 unspecified atom stereocenters. The van der Waals surface area contributed by atoms with Crippen LogP contribution in [0.15, 0.2) is 0 Å². The van der Waals surface area contributed by atoms with Gasteiger partial charge in [0, 0.05) is 54.4 Å². The molecule has 5 saturated carbocycles. The van der Waals surface area contributed by atoms with Gasteiger partial charge in [0.2, 0.25) is 5.79 Å². The van der Waals surface area contributed by atoms with Gasteiger partial charge < -0.3 is 49.5 Å². The quantitative estimate of drug-likeness (QED) is 0.128. The molecule has 5 aliphatic carbocycles. The zero-order chi connectivity index (χ0) is 34.1. The van der Waals surface area contributed by atoms with Crippen LogP contribution in [-0.4, -0.2) is 106 Å². The highest BCUT2D eigenvalue weighted by atomic mass is 16.8. The number of hydrogen-bond donors (Lipinski definition) is 4. The number of nitrogens with two attached hydrogens (primary N) is 1. The van der Waals surface area contributed by atoms with Gasteiger partial charge in [0.1, 0.15) is 30.5 Å². The molecule has 0 radical (unpaired) electrons. The molecule has 3 aliphatic heterocycles. The van der Waals surface area contributed by atoms with Crippen LogP contribution >= 0.6 is 0 Å². The summed E-state index contributed by atoms with van der Waals surface area (Å²) in [6.07, 6.45) is -6.58. The van der Waals surface area contributed by atoms with Crippen molar-refractivity contribution < 1.29 is 62.9 Å². The van der Waals surface area contributed by atoms with Crippen LogP contribution in [0.4, 0.5) is 0 Å². The first kappa shape index (κ1) is 31.9. The molecular weight excluding hydrogens is 618 g/mol. The van der Waals surface area contributed by atoms with E-state index >= 15 is 0 Å². The topological polar surface area (TPSA) is 217 Å². The van der Waals surface area contributed by atoms with Crippen LogP contribution in [0.5, 0.6) is 0 Å². The van der Waals surface area contributed by atoms with Crippen molar-refractivity contribution in [2.24, 2.45) is 63.4 Å². The minimum Gasteiger partial charge on any atom is -0.464 e. The average molecular weight is 664 g/mol. The van der Waals surface area contributed by atoms with Gasteiger partial charge in [-0.15, -0.1) is 0 Å². The summed E-state index contributed by atoms with van der Waals surface area (Å²) in [6.45, 7) is 11.5. The van der Waals surface area contributed by atoms with E-state index in [2.05, 4.69) is 0 Å². The van der Waals surface area contributed by atoms with E-state index in [1.54, 1.807) is 6.92 Å². The highest BCUT2D eigenvalue weighted by molar-refractivity contribution is 5.84. The van der Waals surface area contributed by atoms with Gasteiger partial charge in [-0.3, -0.25) is 14.4 Å². The van der Waals surface area contributed by atoms with Gasteiger partial charge in [-0.2, -0.15) is 0 Å². The van der Waals surface area contributed by atoms with Crippen molar-refractivity contribution in [2.75, 3.05) is 0 Å². The van der Waals surface area contributed by atoms with Gasteiger partial charge in [-0.1, -0.05) is 20.8 Å². The Morgan fingerprint density at radius 2 is 1.62 bits per heavy atom. The van der Waals surface area contributed by atoms with Gasteiger partial charge in [0.25, 0.3) is 6.47 Å². The SMILES string of the molecule is CC(=O)O[C@H]1C2C([C@@H](O)[C@H](N)[C@H]3C[C@@H]4O[C@@H]4[C@H](O)[C@]23C)[C@@H]2[C@@H](OC=O)[C@@H]3[C@H]([C@H](C)[C@H]4O[C@]45OC(=O)[C@@](C)(O)[C@]35C)[C@@]2(C)[C@H]1OC(C)=O. The number of ether oxygens (including phenoxy) is 6. The smallest absolute Gasteiger partial charge is 0.341 e. The van der Waals surface area contributed by atoms with E-state index in [1.807, 2.05) is 20.8 Å². The number of aliphatic hydroxyl groups excluding tert-OH is 2. The number of fused-ring (bicyclic) bond motifs is 9. The van der Waals surface area contributed by atoms with E-state index in [-0.39, 0.29) is 6.10 Å². The fourth-order valence-electron chi connectivity index (χ4n) is 13.1. The molecule has 14 nitrogen and oxygen atoms in total. The summed E-state index contributed by atoms with van der Waals surface area (Å²) in [6, 6.07) is -0.844. The molecule has 0 amide bonds. The lowest BCUT2D eigenvalue weighted by Crippen LogP contribution is -2.76. The first-order valence-electron chi connectivity index (χ1n) is 16.7. The molecule has 21 atom stereocenters. The molecule has 0 aromatic heterocycles. The molecule has 8 rings (SSSR count). The molecule has 47 heavy (non-hydrogen) atoms. The van der Waals surface area contributed by atoms with Gasteiger partial charge in [0.05, 0.1) is 23.7 Å². The second-order valence-electron chi connectivity index (χ2n) is 16.4. The highest BCUT2D eigenvalue weighted by Crippen LogP contribution is 2.81. The Morgan fingerprint density at radius 1 is 0.979 bits per heavy atom. The number of rotatable bonds is 4. The summed E-state index contributed by atoms with van der Waals surface area (Å²) in [5.41, 5.74) is 1.05. The number of aliphatic hydroxyl groups is 3. The third-order valence-corrected chi connectivity index (χ3v) is 15.0.